The zero-order valence-corrected chi connectivity index (χ0v) is 14.7. The lowest BCUT2D eigenvalue weighted by atomic mass is 9.87. The Bertz CT molecular complexity index is 833. The third-order valence-corrected chi connectivity index (χ3v) is 4.69. The normalized spacial score (nSPS) is 19.4. The van der Waals surface area contributed by atoms with Crippen molar-refractivity contribution in [3.63, 3.8) is 0 Å². The second kappa shape index (κ2) is 7.00. The maximum atomic E-state index is 13.0. The standard InChI is InChI=1S/C20H20N2O4/c1-3-20(15-9-11-16(26-2)12-10-15)18(24)22(19(25)21-20)13-17(23)14-7-5-4-6-8-14/h4-12H,3,13H2,1-2H3,(H,21,25)/t20-/m0/s1. The topological polar surface area (TPSA) is 75.7 Å². The predicted octanol–water partition coefficient (Wildman–Crippen LogP) is 2.74. The zero-order valence-electron chi connectivity index (χ0n) is 14.7. The Labute approximate surface area is 151 Å². The smallest absolute Gasteiger partial charge is 0.325 e. The fourth-order valence-corrected chi connectivity index (χ4v) is 3.14. The minimum atomic E-state index is -1.17. The molecule has 0 saturated carbocycles. The Morgan fingerprint density at radius 1 is 1.08 bits per heavy atom. The number of Topliss-reactive ketones (excluding diaryl/α,β-unsaturated/α-hetero) is 1. The van der Waals surface area contributed by atoms with Crippen molar-refractivity contribution in [2.45, 2.75) is 18.9 Å². The van der Waals surface area contributed by atoms with E-state index < -0.39 is 17.5 Å². The van der Waals surface area contributed by atoms with Crippen LogP contribution in [0.15, 0.2) is 54.6 Å². The largest absolute Gasteiger partial charge is 0.497 e. The van der Waals surface area contributed by atoms with E-state index in [1.807, 2.05) is 6.92 Å². The zero-order chi connectivity index (χ0) is 18.7. The van der Waals surface area contributed by atoms with Crippen LogP contribution in [0.5, 0.6) is 5.75 Å². The highest BCUT2D eigenvalue weighted by molar-refractivity contribution is 6.11. The van der Waals surface area contributed by atoms with E-state index in [0.29, 0.717) is 23.3 Å². The lowest BCUT2D eigenvalue weighted by Crippen LogP contribution is -2.43. The van der Waals surface area contributed by atoms with Crippen molar-refractivity contribution in [1.82, 2.24) is 10.2 Å². The molecule has 1 fully saturated rings. The highest BCUT2D eigenvalue weighted by atomic mass is 16.5. The third kappa shape index (κ3) is 2.94. The summed E-state index contributed by atoms with van der Waals surface area (Å²) in [7, 11) is 1.56. The van der Waals surface area contributed by atoms with Gasteiger partial charge in [-0.25, -0.2) is 4.79 Å². The quantitative estimate of drug-likeness (QED) is 0.641. The van der Waals surface area contributed by atoms with Gasteiger partial charge in [0.05, 0.1) is 13.7 Å². The maximum absolute atomic E-state index is 13.0. The Balaban J connectivity index is 1.87. The van der Waals surface area contributed by atoms with Gasteiger partial charge in [-0.3, -0.25) is 14.5 Å². The summed E-state index contributed by atoms with van der Waals surface area (Å²) in [5, 5.41) is 2.77. The van der Waals surface area contributed by atoms with Crippen LogP contribution in [0.2, 0.25) is 0 Å². The summed E-state index contributed by atoms with van der Waals surface area (Å²) in [6.07, 6.45) is 0.375. The highest BCUT2D eigenvalue weighted by Crippen LogP contribution is 2.33. The molecule has 1 aliphatic heterocycles. The van der Waals surface area contributed by atoms with E-state index in [1.54, 1.807) is 61.7 Å². The number of ether oxygens (including phenoxy) is 1. The number of amides is 3. The lowest BCUT2D eigenvalue weighted by molar-refractivity contribution is -0.131. The van der Waals surface area contributed by atoms with Gasteiger partial charge in [-0.15, -0.1) is 0 Å². The van der Waals surface area contributed by atoms with Crippen LogP contribution in [0.1, 0.15) is 29.3 Å². The van der Waals surface area contributed by atoms with Gasteiger partial charge >= 0.3 is 6.03 Å². The Kier molecular flexibility index (Phi) is 4.75. The van der Waals surface area contributed by atoms with Crippen LogP contribution >= 0.6 is 0 Å². The number of nitrogens with one attached hydrogen (secondary N) is 1. The summed E-state index contributed by atoms with van der Waals surface area (Å²) >= 11 is 0. The van der Waals surface area contributed by atoms with Crippen molar-refractivity contribution in [3.05, 3.63) is 65.7 Å². The average Bonchev–Trinajstić information content (AvgIpc) is 2.93. The van der Waals surface area contributed by atoms with Gasteiger partial charge in [0.1, 0.15) is 11.3 Å². The molecule has 3 amide bonds. The minimum Gasteiger partial charge on any atom is -0.497 e. The van der Waals surface area contributed by atoms with E-state index in [2.05, 4.69) is 5.32 Å². The number of imide groups is 1. The summed E-state index contributed by atoms with van der Waals surface area (Å²) in [6.45, 7) is 1.54. The molecule has 0 unspecified atom stereocenters. The molecule has 26 heavy (non-hydrogen) atoms. The fourth-order valence-electron chi connectivity index (χ4n) is 3.14. The van der Waals surface area contributed by atoms with Gasteiger partial charge in [-0.05, 0) is 24.1 Å². The van der Waals surface area contributed by atoms with Crippen LogP contribution in [-0.2, 0) is 10.3 Å². The van der Waals surface area contributed by atoms with E-state index in [0.717, 1.165) is 4.90 Å². The monoisotopic (exact) mass is 352 g/mol. The van der Waals surface area contributed by atoms with Crippen molar-refractivity contribution in [1.29, 1.82) is 0 Å². The molecule has 1 heterocycles. The van der Waals surface area contributed by atoms with Crippen LogP contribution in [0.4, 0.5) is 4.79 Å². The minimum absolute atomic E-state index is 0.282. The Hall–Kier alpha value is -3.15. The first kappa shape index (κ1) is 17.7. The number of carbonyl (C=O) groups excluding carboxylic acids is 3. The fraction of sp³-hybridized carbons (Fsp3) is 0.250. The first-order valence-electron chi connectivity index (χ1n) is 8.38. The Morgan fingerprint density at radius 2 is 1.73 bits per heavy atom. The lowest BCUT2D eigenvalue weighted by Gasteiger charge is -2.26. The van der Waals surface area contributed by atoms with Crippen LogP contribution < -0.4 is 10.1 Å². The van der Waals surface area contributed by atoms with Gasteiger partial charge in [-0.1, -0.05) is 49.4 Å². The van der Waals surface area contributed by atoms with E-state index in [9.17, 15) is 14.4 Å². The van der Waals surface area contributed by atoms with Crippen molar-refractivity contribution < 1.29 is 19.1 Å². The number of ketones is 1. The van der Waals surface area contributed by atoms with Crippen LogP contribution in [0.25, 0.3) is 0 Å². The molecule has 134 valence electrons. The molecule has 0 spiro atoms. The average molecular weight is 352 g/mol. The summed E-state index contributed by atoms with van der Waals surface area (Å²) in [6, 6.07) is 15.0. The number of nitrogens with zero attached hydrogens (tertiary/aromatic N) is 1. The molecule has 0 bridgehead atoms. The number of rotatable bonds is 6. The van der Waals surface area contributed by atoms with Crippen molar-refractivity contribution in [2.75, 3.05) is 13.7 Å². The Morgan fingerprint density at radius 3 is 2.31 bits per heavy atom. The molecule has 0 radical (unpaired) electrons. The summed E-state index contributed by atoms with van der Waals surface area (Å²) < 4.78 is 5.14. The summed E-state index contributed by atoms with van der Waals surface area (Å²) in [5.41, 5.74) is -0.0410. The van der Waals surface area contributed by atoms with E-state index in [-0.39, 0.29) is 12.3 Å². The van der Waals surface area contributed by atoms with Gasteiger partial charge in [0.2, 0.25) is 0 Å². The molecule has 0 aliphatic carbocycles. The number of carbonyl (C=O) groups is 3. The molecule has 6 heteroatoms. The second-order valence-corrected chi connectivity index (χ2v) is 6.10. The number of methoxy groups -OCH3 is 1. The van der Waals surface area contributed by atoms with Gasteiger partial charge in [0, 0.05) is 5.56 Å². The molecule has 1 aliphatic rings. The second-order valence-electron chi connectivity index (χ2n) is 6.10. The third-order valence-electron chi connectivity index (χ3n) is 4.69. The van der Waals surface area contributed by atoms with E-state index in [4.69, 9.17) is 4.74 Å². The number of hydrogen-bond donors (Lipinski definition) is 1. The van der Waals surface area contributed by atoms with Crippen molar-refractivity contribution >= 4 is 17.7 Å². The molecule has 2 aromatic rings. The number of benzene rings is 2. The molecule has 1 atom stereocenters. The maximum Gasteiger partial charge on any atom is 0.325 e. The highest BCUT2D eigenvalue weighted by Gasteiger charge is 2.51. The number of hydrogen-bond acceptors (Lipinski definition) is 4. The predicted molar refractivity (Wildman–Crippen MR) is 96.0 cm³/mol. The van der Waals surface area contributed by atoms with Crippen molar-refractivity contribution in [3.8, 4) is 5.75 Å². The molecule has 1 N–H and O–H groups in total. The van der Waals surface area contributed by atoms with Gasteiger partial charge in [-0.2, -0.15) is 0 Å². The molecule has 3 rings (SSSR count). The van der Waals surface area contributed by atoms with E-state index >= 15 is 0 Å². The molecule has 1 saturated heterocycles. The van der Waals surface area contributed by atoms with Gasteiger partial charge in [0.15, 0.2) is 5.78 Å². The van der Waals surface area contributed by atoms with Gasteiger partial charge in [0.25, 0.3) is 5.91 Å². The first-order valence-corrected chi connectivity index (χ1v) is 8.38. The van der Waals surface area contributed by atoms with E-state index in [1.165, 1.54) is 0 Å². The molecular formula is C20H20N2O4. The van der Waals surface area contributed by atoms with Crippen molar-refractivity contribution in [2.24, 2.45) is 0 Å². The van der Waals surface area contributed by atoms with Crippen LogP contribution in [-0.4, -0.2) is 36.3 Å². The summed E-state index contributed by atoms with van der Waals surface area (Å²) in [5.74, 6) is -0.0388. The molecule has 6 nitrogen and oxygen atoms in total. The molecule has 2 aromatic carbocycles. The SMILES string of the molecule is CC[C@@]1(c2ccc(OC)cc2)NC(=O)N(CC(=O)c2ccccc2)C1=O. The van der Waals surface area contributed by atoms with Gasteiger partial charge < -0.3 is 10.1 Å². The van der Waals surface area contributed by atoms with Crippen LogP contribution in [0, 0.1) is 0 Å². The first-order chi connectivity index (χ1) is 12.5. The molecular weight excluding hydrogens is 332 g/mol. The summed E-state index contributed by atoms with van der Waals surface area (Å²) in [4.78, 5) is 38.9. The van der Waals surface area contributed by atoms with Crippen LogP contribution in [0.3, 0.4) is 0 Å². The number of urea groups is 1. The molecule has 0 aromatic heterocycles.